The molecule has 0 spiro atoms. The predicted octanol–water partition coefficient (Wildman–Crippen LogP) is 2.95. The highest BCUT2D eigenvalue weighted by Crippen LogP contribution is 2.39. The van der Waals surface area contributed by atoms with Gasteiger partial charge in [0, 0.05) is 44.1 Å². The molecule has 2 aliphatic rings. The fraction of sp³-hybridized carbons (Fsp3) is 0.375. The van der Waals surface area contributed by atoms with Crippen LogP contribution in [0.4, 0.5) is 22.1 Å². The van der Waals surface area contributed by atoms with Gasteiger partial charge in [0.05, 0.1) is 17.4 Å². The van der Waals surface area contributed by atoms with Gasteiger partial charge >= 0.3 is 6.03 Å². The van der Waals surface area contributed by atoms with Crippen molar-refractivity contribution in [1.29, 1.82) is 0 Å². The van der Waals surface area contributed by atoms with Crippen molar-refractivity contribution in [2.24, 2.45) is 7.05 Å². The van der Waals surface area contributed by atoms with Crippen molar-refractivity contribution in [3.8, 4) is 11.1 Å². The van der Waals surface area contributed by atoms with Gasteiger partial charge in [-0.2, -0.15) is 5.10 Å². The number of nitrogens with zero attached hydrogens (tertiary/aromatic N) is 6. The van der Waals surface area contributed by atoms with Crippen molar-refractivity contribution >= 4 is 29.3 Å². The van der Waals surface area contributed by atoms with E-state index in [0.29, 0.717) is 17.3 Å². The molecule has 3 aromatic heterocycles. The molecule has 0 aliphatic carbocycles. The van der Waals surface area contributed by atoms with Gasteiger partial charge in [0.25, 0.3) is 5.91 Å². The lowest BCUT2D eigenvalue weighted by Crippen LogP contribution is -2.48. The van der Waals surface area contributed by atoms with E-state index in [1.165, 1.54) is 0 Å². The molecule has 10 nitrogen and oxygen atoms in total. The van der Waals surface area contributed by atoms with Crippen molar-refractivity contribution in [2.75, 3.05) is 28.2 Å². The first-order valence-electron chi connectivity index (χ1n) is 11.4. The Morgan fingerprint density at radius 2 is 2.03 bits per heavy atom. The molecule has 0 saturated carbocycles. The third-order valence-corrected chi connectivity index (χ3v) is 6.14. The number of rotatable bonds is 4. The number of amides is 3. The van der Waals surface area contributed by atoms with Crippen LogP contribution in [0.25, 0.3) is 11.1 Å². The number of aryl methyl sites for hydroxylation is 2. The molecule has 0 aromatic carbocycles. The molecule has 1 fully saturated rings. The monoisotopic (exact) mass is 460 g/mol. The number of fused-ring (bicyclic) bond motifs is 4. The van der Waals surface area contributed by atoms with Crippen LogP contribution in [0.15, 0.2) is 36.7 Å². The normalized spacial score (nSPS) is 16.6. The van der Waals surface area contributed by atoms with E-state index in [4.69, 9.17) is 0 Å². The van der Waals surface area contributed by atoms with Gasteiger partial charge in [-0.15, -0.1) is 0 Å². The molecule has 176 valence electrons. The summed E-state index contributed by atoms with van der Waals surface area (Å²) in [6.07, 6.45) is 4.45. The Morgan fingerprint density at radius 3 is 2.76 bits per heavy atom. The Balaban J connectivity index is 1.44. The van der Waals surface area contributed by atoms with Gasteiger partial charge in [-0.25, -0.2) is 14.8 Å². The third-order valence-electron chi connectivity index (χ3n) is 6.14. The highest BCUT2D eigenvalue weighted by atomic mass is 16.2. The number of hydrogen-bond acceptors (Lipinski definition) is 6. The standard InChI is InChI=1S/C24H28N8O2/c1-14(2)26-23(33)19-5-6-20-22(27-19)32(17-8-10-31(20)12-17)24(34)28-21-11-16(7-9-25-21)18-13-30(4)29-15(18)3/h5-7,9,11,13-14,17H,8,10,12H2,1-4H3,(H,26,33)(H,25,28,34)/t17-/m0/s1. The summed E-state index contributed by atoms with van der Waals surface area (Å²) < 4.78 is 1.76. The molecule has 0 unspecified atom stereocenters. The molecule has 1 saturated heterocycles. The predicted molar refractivity (Wildman–Crippen MR) is 130 cm³/mol. The number of nitrogens with one attached hydrogen (secondary N) is 2. The number of hydrogen-bond donors (Lipinski definition) is 2. The van der Waals surface area contributed by atoms with Crippen molar-refractivity contribution in [3.05, 3.63) is 48.0 Å². The van der Waals surface area contributed by atoms with Crippen LogP contribution in [0, 0.1) is 6.92 Å². The molecule has 0 radical (unpaired) electrons. The van der Waals surface area contributed by atoms with Gasteiger partial charge in [-0.3, -0.25) is 19.7 Å². The molecule has 5 heterocycles. The maximum atomic E-state index is 13.5. The van der Waals surface area contributed by atoms with E-state index in [1.807, 2.05) is 52.2 Å². The minimum Gasteiger partial charge on any atom is -0.366 e. The van der Waals surface area contributed by atoms with E-state index >= 15 is 0 Å². The smallest absolute Gasteiger partial charge is 0.329 e. The largest absolute Gasteiger partial charge is 0.366 e. The van der Waals surface area contributed by atoms with Crippen LogP contribution < -0.4 is 20.4 Å². The maximum Gasteiger partial charge on any atom is 0.329 e. The Bertz CT molecular complexity index is 1270. The summed E-state index contributed by atoms with van der Waals surface area (Å²) in [5.41, 5.74) is 3.96. The second-order valence-electron chi connectivity index (χ2n) is 9.09. The first kappa shape index (κ1) is 21.9. The molecule has 1 atom stereocenters. The molecular formula is C24H28N8O2. The molecule has 34 heavy (non-hydrogen) atoms. The molecule has 10 heteroatoms. The maximum absolute atomic E-state index is 13.5. The van der Waals surface area contributed by atoms with Crippen molar-refractivity contribution in [1.82, 2.24) is 25.1 Å². The summed E-state index contributed by atoms with van der Waals surface area (Å²) in [6.45, 7) is 7.33. The quantitative estimate of drug-likeness (QED) is 0.620. The number of carbonyl (C=O) groups excluding carboxylic acids is 2. The Hall–Kier alpha value is -3.95. The lowest BCUT2D eigenvalue weighted by molar-refractivity contribution is 0.0938. The van der Waals surface area contributed by atoms with Gasteiger partial charge in [-0.1, -0.05) is 0 Å². The molecule has 3 amide bonds. The van der Waals surface area contributed by atoms with E-state index in [-0.39, 0.29) is 24.0 Å². The lowest BCUT2D eigenvalue weighted by Gasteiger charge is -2.35. The zero-order valence-corrected chi connectivity index (χ0v) is 19.7. The summed E-state index contributed by atoms with van der Waals surface area (Å²) >= 11 is 0. The highest BCUT2D eigenvalue weighted by Gasteiger charge is 2.40. The van der Waals surface area contributed by atoms with E-state index in [9.17, 15) is 9.59 Å². The summed E-state index contributed by atoms with van der Waals surface area (Å²) in [5.74, 6) is 0.690. The minimum atomic E-state index is -0.311. The van der Waals surface area contributed by atoms with E-state index < -0.39 is 0 Å². The number of pyridine rings is 2. The zero-order valence-electron chi connectivity index (χ0n) is 19.7. The number of carbonyl (C=O) groups is 2. The minimum absolute atomic E-state index is 0.00790. The van der Waals surface area contributed by atoms with E-state index in [2.05, 4.69) is 30.6 Å². The van der Waals surface area contributed by atoms with Crippen LogP contribution in [-0.2, 0) is 7.05 Å². The van der Waals surface area contributed by atoms with Gasteiger partial charge in [-0.05, 0) is 57.0 Å². The fourth-order valence-electron chi connectivity index (χ4n) is 4.65. The Morgan fingerprint density at radius 1 is 1.21 bits per heavy atom. The summed E-state index contributed by atoms with van der Waals surface area (Å²) in [7, 11) is 1.88. The van der Waals surface area contributed by atoms with E-state index in [1.54, 1.807) is 21.8 Å². The second-order valence-corrected chi connectivity index (χ2v) is 9.09. The van der Waals surface area contributed by atoms with Crippen LogP contribution in [0.2, 0.25) is 0 Å². The lowest BCUT2D eigenvalue weighted by atomic mass is 10.1. The average Bonchev–Trinajstić information content (AvgIpc) is 3.36. The third kappa shape index (κ3) is 3.95. The second kappa shape index (κ2) is 8.44. The summed E-state index contributed by atoms with van der Waals surface area (Å²) in [6, 6.07) is 6.99. The van der Waals surface area contributed by atoms with Crippen molar-refractivity contribution in [2.45, 2.75) is 39.3 Å². The molecule has 5 rings (SSSR count). The summed E-state index contributed by atoms with van der Waals surface area (Å²) in [5, 5.41) is 10.2. The van der Waals surface area contributed by atoms with Gasteiger partial charge in [0.1, 0.15) is 11.5 Å². The summed E-state index contributed by atoms with van der Waals surface area (Å²) in [4.78, 5) is 38.9. The van der Waals surface area contributed by atoms with Crippen molar-refractivity contribution < 1.29 is 9.59 Å². The Kier molecular flexibility index (Phi) is 5.43. The topological polar surface area (TPSA) is 108 Å². The molecule has 3 aromatic rings. The number of urea groups is 1. The van der Waals surface area contributed by atoms with Gasteiger partial charge < -0.3 is 10.2 Å². The molecular weight excluding hydrogens is 432 g/mol. The Labute approximate surface area is 198 Å². The van der Waals surface area contributed by atoms with Crippen LogP contribution in [0.5, 0.6) is 0 Å². The molecule has 2 bridgehead atoms. The van der Waals surface area contributed by atoms with Crippen LogP contribution in [0.3, 0.4) is 0 Å². The van der Waals surface area contributed by atoms with Crippen LogP contribution >= 0.6 is 0 Å². The SMILES string of the molecule is Cc1nn(C)cc1-c1ccnc(NC(=O)N2c3nc(C(=O)NC(C)C)ccc3N3CC[C@H]2C3)c1. The van der Waals surface area contributed by atoms with Crippen LogP contribution in [0.1, 0.15) is 36.5 Å². The van der Waals surface area contributed by atoms with Gasteiger partial charge in [0.2, 0.25) is 0 Å². The van der Waals surface area contributed by atoms with E-state index in [0.717, 1.165) is 42.0 Å². The molecule has 2 aliphatic heterocycles. The zero-order chi connectivity index (χ0) is 24.0. The number of anilines is 3. The van der Waals surface area contributed by atoms with Crippen LogP contribution in [-0.4, -0.2) is 56.9 Å². The molecule has 2 N–H and O–H groups in total. The first-order valence-corrected chi connectivity index (χ1v) is 11.4. The fourth-order valence-corrected chi connectivity index (χ4v) is 4.65. The number of aromatic nitrogens is 4. The van der Waals surface area contributed by atoms with Crippen molar-refractivity contribution in [3.63, 3.8) is 0 Å². The average molecular weight is 461 g/mol. The first-order chi connectivity index (χ1) is 16.3. The van der Waals surface area contributed by atoms with Gasteiger partial charge in [0.15, 0.2) is 5.82 Å². The highest BCUT2D eigenvalue weighted by molar-refractivity contribution is 6.05.